The molecule has 15 heavy (non-hydrogen) atoms. The molecule has 0 aromatic heterocycles. The Morgan fingerprint density at radius 3 is 2.40 bits per heavy atom. The molecule has 0 unspecified atom stereocenters. The second kappa shape index (κ2) is 4.06. The normalized spacial score (nSPS) is 10.1. The molecule has 0 aliphatic carbocycles. The summed E-state index contributed by atoms with van der Waals surface area (Å²) in [5, 5.41) is 8.18. The molecule has 0 amide bonds. The molecule has 0 heterocycles. The van der Waals surface area contributed by atoms with E-state index in [1.54, 1.807) is 13.0 Å². The highest BCUT2D eigenvalue weighted by molar-refractivity contribution is 5.43. The lowest BCUT2D eigenvalue weighted by Crippen LogP contribution is -2.05. The molecule has 1 aromatic carbocycles. The number of alkyl halides is 3. The molecule has 1 aromatic rings. The number of benzene rings is 1. The number of nitrogens with zero attached hydrogens (tertiary/aromatic N) is 1. The van der Waals surface area contributed by atoms with Crippen LogP contribution >= 0.6 is 0 Å². The van der Waals surface area contributed by atoms with Gasteiger partial charge in [0.15, 0.2) is 6.07 Å². The fourth-order valence-corrected chi connectivity index (χ4v) is 1.12. The van der Waals surface area contributed by atoms with Crippen molar-refractivity contribution < 1.29 is 13.2 Å². The number of hydrogen-bond donors (Lipinski definition) is 0. The van der Waals surface area contributed by atoms with Crippen LogP contribution in [0.5, 0.6) is 0 Å². The Balaban J connectivity index is 3.24. The number of halogens is 3. The monoisotopic (exact) mass is 209 g/mol. The topological polar surface area (TPSA) is 23.8 Å². The fourth-order valence-electron chi connectivity index (χ4n) is 1.12. The molecule has 0 saturated carbocycles. The van der Waals surface area contributed by atoms with Gasteiger partial charge in [0, 0.05) is 11.5 Å². The van der Waals surface area contributed by atoms with Gasteiger partial charge in [-0.15, -0.1) is 0 Å². The average molecular weight is 209 g/mol. The van der Waals surface area contributed by atoms with E-state index < -0.39 is 11.7 Å². The van der Waals surface area contributed by atoms with Gasteiger partial charge in [-0.05, 0) is 30.7 Å². The minimum atomic E-state index is -4.38. The van der Waals surface area contributed by atoms with Crippen molar-refractivity contribution in [3.8, 4) is 17.9 Å². The van der Waals surface area contributed by atoms with E-state index in [2.05, 4.69) is 11.8 Å². The molecule has 0 N–H and O–H groups in total. The second-order valence-corrected chi connectivity index (χ2v) is 2.95. The van der Waals surface area contributed by atoms with Crippen molar-refractivity contribution in [2.24, 2.45) is 0 Å². The first-order valence-electron chi connectivity index (χ1n) is 4.02. The van der Waals surface area contributed by atoms with Crippen molar-refractivity contribution in [2.75, 3.05) is 0 Å². The van der Waals surface area contributed by atoms with Gasteiger partial charge in [-0.1, -0.05) is 5.92 Å². The van der Waals surface area contributed by atoms with Crippen LogP contribution in [-0.4, -0.2) is 0 Å². The van der Waals surface area contributed by atoms with Crippen LogP contribution in [0.1, 0.15) is 16.7 Å². The molecule has 0 fully saturated rings. The van der Waals surface area contributed by atoms with Gasteiger partial charge < -0.3 is 0 Å². The van der Waals surface area contributed by atoms with Crippen LogP contribution in [0.3, 0.4) is 0 Å². The number of nitriles is 1. The highest BCUT2D eigenvalue weighted by Gasteiger charge is 2.30. The quantitative estimate of drug-likeness (QED) is 0.602. The van der Waals surface area contributed by atoms with Gasteiger partial charge in [0.05, 0.1) is 5.56 Å². The molecule has 0 aliphatic rings. The van der Waals surface area contributed by atoms with Crippen LogP contribution in [0, 0.1) is 30.1 Å². The molecule has 1 rings (SSSR count). The maximum absolute atomic E-state index is 12.4. The number of rotatable bonds is 0. The summed E-state index contributed by atoms with van der Waals surface area (Å²) in [4.78, 5) is 0. The minimum Gasteiger partial charge on any atom is -0.183 e. The zero-order valence-corrected chi connectivity index (χ0v) is 7.81. The molecule has 0 atom stereocenters. The summed E-state index contributed by atoms with van der Waals surface area (Å²) >= 11 is 0. The third-order valence-corrected chi connectivity index (χ3v) is 1.67. The summed E-state index contributed by atoms with van der Waals surface area (Å²) in [7, 11) is 0. The third kappa shape index (κ3) is 3.03. The average Bonchev–Trinajstić information content (AvgIpc) is 2.12. The Kier molecular flexibility index (Phi) is 3.01. The fraction of sp³-hybridized carbons (Fsp3) is 0.182. The molecule has 0 bridgehead atoms. The van der Waals surface area contributed by atoms with Crippen molar-refractivity contribution in [2.45, 2.75) is 13.1 Å². The second-order valence-electron chi connectivity index (χ2n) is 2.95. The summed E-state index contributed by atoms with van der Waals surface area (Å²) in [5.41, 5.74) is -0.0827. The van der Waals surface area contributed by atoms with E-state index in [4.69, 9.17) is 5.26 Å². The maximum atomic E-state index is 12.4. The Bertz CT molecular complexity index is 469. The van der Waals surface area contributed by atoms with Crippen molar-refractivity contribution in [3.63, 3.8) is 0 Å². The predicted octanol–water partition coefficient (Wildman–Crippen LogP) is 2.89. The molecule has 0 spiro atoms. The van der Waals surface area contributed by atoms with Gasteiger partial charge in [0.1, 0.15) is 0 Å². The van der Waals surface area contributed by atoms with Crippen molar-refractivity contribution in [1.82, 2.24) is 0 Å². The van der Waals surface area contributed by atoms with Gasteiger partial charge >= 0.3 is 6.18 Å². The van der Waals surface area contributed by atoms with Crippen LogP contribution in [0.25, 0.3) is 0 Å². The summed E-state index contributed by atoms with van der Waals surface area (Å²) in [5.74, 6) is 4.40. The summed E-state index contributed by atoms with van der Waals surface area (Å²) in [6.45, 7) is 1.55. The number of aryl methyl sites for hydroxylation is 1. The highest BCUT2D eigenvalue weighted by Crippen LogP contribution is 2.30. The van der Waals surface area contributed by atoms with Crippen molar-refractivity contribution in [3.05, 3.63) is 34.9 Å². The molecule has 1 nitrogen and oxygen atoms in total. The molecular weight excluding hydrogens is 203 g/mol. The Hall–Kier alpha value is -1.94. The Labute approximate surface area is 85.1 Å². The highest BCUT2D eigenvalue weighted by atomic mass is 19.4. The standard InChI is InChI=1S/C11H6F3N/c1-8-5-9(3-2-4-15)7-10(6-8)11(12,13)14/h5-7H,1H3. The van der Waals surface area contributed by atoms with Crippen LogP contribution in [0.15, 0.2) is 18.2 Å². The first kappa shape index (κ1) is 11.1. The maximum Gasteiger partial charge on any atom is 0.416 e. The van der Waals surface area contributed by atoms with Gasteiger partial charge in [-0.25, -0.2) is 0 Å². The Morgan fingerprint density at radius 2 is 1.87 bits per heavy atom. The van der Waals surface area contributed by atoms with Gasteiger partial charge in [0.25, 0.3) is 0 Å². The third-order valence-electron chi connectivity index (χ3n) is 1.67. The van der Waals surface area contributed by atoms with E-state index in [-0.39, 0.29) is 5.56 Å². The van der Waals surface area contributed by atoms with Crippen molar-refractivity contribution in [1.29, 1.82) is 5.26 Å². The lowest BCUT2D eigenvalue weighted by Gasteiger charge is -2.07. The van der Waals surface area contributed by atoms with E-state index in [0.29, 0.717) is 5.56 Å². The summed E-state index contributed by atoms with van der Waals surface area (Å²) < 4.78 is 37.1. The molecule has 4 heteroatoms. The van der Waals surface area contributed by atoms with E-state index >= 15 is 0 Å². The van der Waals surface area contributed by atoms with Gasteiger partial charge in [-0.2, -0.15) is 18.4 Å². The minimum absolute atomic E-state index is 0.198. The van der Waals surface area contributed by atoms with E-state index in [1.807, 2.05) is 0 Å². The van der Waals surface area contributed by atoms with Crippen LogP contribution in [-0.2, 0) is 6.18 Å². The van der Waals surface area contributed by atoms with E-state index in [0.717, 1.165) is 12.1 Å². The molecule has 0 saturated heterocycles. The zero-order chi connectivity index (χ0) is 11.5. The zero-order valence-electron chi connectivity index (χ0n) is 7.81. The SMILES string of the molecule is Cc1cc(C#CC#N)cc(C(F)(F)F)c1. The summed E-state index contributed by atoms with van der Waals surface area (Å²) in [6, 6.07) is 5.02. The van der Waals surface area contributed by atoms with Crippen LogP contribution < -0.4 is 0 Å². The summed E-state index contributed by atoms with van der Waals surface area (Å²) in [6.07, 6.45) is -4.38. The lowest BCUT2D eigenvalue weighted by atomic mass is 10.1. The van der Waals surface area contributed by atoms with Crippen molar-refractivity contribution >= 4 is 0 Å². The smallest absolute Gasteiger partial charge is 0.183 e. The molecule has 76 valence electrons. The predicted molar refractivity (Wildman–Crippen MR) is 48.7 cm³/mol. The van der Waals surface area contributed by atoms with Gasteiger partial charge in [-0.3, -0.25) is 0 Å². The largest absolute Gasteiger partial charge is 0.416 e. The Morgan fingerprint density at radius 1 is 1.20 bits per heavy atom. The first-order valence-corrected chi connectivity index (χ1v) is 4.02. The number of hydrogen-bond acceptors (Lipinski definition) is 1. The lowest BCUT2D eigenvalue weighted by molar-refractivity contribution is -0.137. The van der Waals surface area contributed by atoms with Crippen LogP contribution in [0.4, 0.5) is 13.2 Å². The molecule has 0 radical (unpaired) electrons. The molecule has 0 aliphatic heterocycles. The first-order chi connectivity index (χ1) is 6.93. The van der Waals surface area contributed by atoms with E-state index in [9.17, 15) is 13.2 Å². The van der Waals surface area contributed by atoms with E-state index in [1.165, 1.54) is 6.07 Å². The molecular formula is C11H6F3N. The van der Waals surface area contributed by atoms with Gasteiger partial charge in [0.2, 0.25) is 0 Å². The van der Waals surface area contributed by atoms with Crippen LogP contribution in [0.2, 0.25) is 0 Å².